The molecule has 2 aromatic rings. The summed E-state index contributed by atoms with van der Waals surface area (Å²) in [6, 6.07) is 4.78. The van der Waals surface area contributed by atoms with E-state index in [4.69, 9.17) is 5.73 Å². The first-order valence-corrected chi connectivity index (χ1v) is 9.84. The van der Waals surface area contributed by atoms with Crippen LogP contribution in [0, 0.1) is 10.1 Å². The Morgan fingerprint density at radius 1 is 1.30 bits per heavy atom. The maximum absolute atomic E-state index is 11.4. The molecule has 0 spiro atoms. The fraction of sp³-hybridized carbons (Fsp3) is 0.421. The van der Waals surface area contributed by atoms with Gasteiger partial charge in [0.05, 0.1) is 4.92 Å². The fourth-order valence-electron chi connectivity index (χ4n) is 2.88. The second kappa shape index (κ2) is 10.1. The Hall–Kier alpha value is -2.29. The molecule has 0 radical (unpaired) electrons. The number of anilines is 1. The summed E-state index contributed by atoms with van der Waals surface area (Å²) in [5.41, 5.74) is 8.80. The van der Waals surface area contributed by atoms with E-state index >= 15 is 0 Å². The normalized spacial score (nSPS) is 12.3. The van der Waals surface area contributed by atoms with Crippen molar-refractivity contribution in [3.63, 3.8) is 0 Å². The van der Waals surface area contributed by atoms with Gasteiger partial charge in [-0.1, -0.05) is 33.8 Å². The first kappa shape index (κ1) is 22.8. The van der Waals surface area contributed by atoms with Crippen molar-refractivity contribution >= 4 is 27.9 Å². The molecule has 27 heavy (non-hydrogen) atoms. The number of carbonyl (C=O) groups is 1. The maximum atomic E-state index is 11.4. The topological polar surface area (TPSA) is 118 Å². The zero-order valence-electron chi connectivity index (χ0n) is 16.3. The van der Waals surface area contributed by atoms with E-state index in [0.29, 0.717) is 23.4 Å². The second-order valence-electron chi connectivity index (χ2n) is 5.38. The number of nitrogens with one attached hydrogen (secondary N) is 1. The smallest absolute Gasteiger partial charge is 0.270 e. The van der Waals surface area contributed by atoms with Gasteiger partial charge >= 0.3 is 0 Å². The van der Waals surface area contributed by atoms with Crippen molar-refractivity contribution in [3.05, 3.63) is 45.0 Å². The number of benzene rings is 1. The molecule has 4 N–H and O–H groups in total. The number of hydrogen-bond donors (Lipinski definition) is 3. The van der Waals surface area contributed by atoms with E-state index in [1.54, 1.807) is 6.07 Å². The van der Waals surface area contributed by atoms with Crippen LogP contribution in [0.4, 0.5) is 10.7 Å². The summed E-state index contributed by atoms with van der Waals surface area (Å²) in [6.07, 6.45) is 0.160. The van der Waals surface area contributed by atoms with Crippen LogP contribution in [-0.2, 0) is 17.6 Å². The predicted octanol–water partition coefficient (Wildman–Crippen LogP) is 4.38. The van der Waals surface area contributed by atoms with Crippen molar-refractivity contribution in [2.75, 3.05) is 5.32 Å². The van der Waals surface area contributed by atoms with Crippen LogP contribution in [-0.4, -0.2) is 15.9 Å². The summed E-state index contributed by atoms with van der Waals surface area (Å²) in [5, 5.41) is 24.1. The van der Waals surface area contributed by atoms with Crippen LogP contribution in [0.3, 0.4) is 0 Å². The van der Waals surface area contributed by atoms with E-state index in [1.807, 2.05) is 27.7 Å². The number of aliphatic hydroxyl groups is 1. The van der Waals surface area contributed by atoms with Gasteiger partial charge < -0.3 is 16.2 Å². The van der Waals surface area contributed by atoms with Crippen molar-refractivity contribution in [1.82, 2.24) is 0 Å². The van der Waals surface area contributed by atoms with Crippen molar-refractivity contribution in [2.45, 2.75) is 53.7 Å². The van der Waals surface area contributed by atoms with E-state index < -0.39 is 11.2 Å². The molecule has 1 heterocycles. The number of nitrogens with two attached hydrogens (primary N) is 1. The van der Waals surface area contributed by atoms with E-state index in [-0.39, 0.29) is 11.6 Å². The van der Waals surface area contributed by atoms with Crippen LogP contribution >= 0.6 is 11.3 Å². The highest BCUT2D eigenvalue weighted by Crippen LogP contribution is 2.47. The summed E-state index contributed by atoms with van der Waals surface area (Å²) >= 11 is 1.29. The van der Waals surface area contributed by atoms with E-state index in [1.165, 1.54) is 30.4 Å². The minimum Gasteiger partial charge on any atom is -0.374 e. The minimum atomic E-state index is -1.21. The summed E-state index contributed by atoms with van der Waals surface area (Å²) < 4.78 is 0. The van der Waals surface area contributed by atoms with Crippen LogP contribution in [0.1, 0.15) is 57.5 Å². The molecule has 0 fully saturated rings. The molecule has 1 aromatic heterocycles. The first-order valence-electron chi connectivity index (χ1n) is 9.03. The Kier molecular flexibility index (Phi) is 8.55. The van der Waals surface area contributed by atoms with Gasteiger partial charge in [-0.15, -0.1) is 11.3 Å². The number of nitro benzene ring substituents is 1. The summed E-state index contributed by atoms with van der Waals surface area (Å²) in [7, 11) is 0. The molecule has 7 nitrogen and oxygen atoms in total. The summed E-state index contributed by atoms with van der Waals surface area (Å²) in [6.45, 7) is 9.38. The maximum Gasteiger partial charge on any atom is 0.270 e. The molecule has 0 bridgehead atoms. The van der Waals surface area contributed by atoms with Gasteiger partial charge in [-0.25, -0.2) is 0 Å². The van der Waals surface area contributed by atoms with E-state index in [9.17, 15) is 20.0 Å². The van der Waals surface area contributed by atoms with Crippen molar-refractivity contribution in [1.29, 1.82) is 0 Å². The Morgan fingerprint density at radius 2 is 1.93 bits per heavy atom. The molecule has 0 saturated heterocycles. The van der Waals surface area contributed by atoms with Gasteiger partial charge in [-0.2, -0.15) is 0 Å². The molecular weight excluding hydrogens is 366 g/mol. The number of nitro groups is 1. The fourth-order valence-corrected chi connectivity index (χ4v) is 4.26. The molecule has 8 heteroatoms. The molecule has 1 aliphatic carbocycles. The number of aryl methyl sites for hydroxylation is 1. The number of aliphatic hydroxyl groups excluding tert-OH is 1. The largest absolute Gasteiger partial charge is 0.374 e. The van der Waals surface area contributed by atoms with Gasteiger partial charge in [0.2, 0.25) is 5.91 Å². The minimum absolute atomic E-state index is 0.0147. The molecule has 0 aliphatic heterocycles. The molecule has 148 valence electrons. The Labute approximate surface area is 163 Å². The highest BCUT2D eigenvalue weighted by atomic mass is 32.1. The zero-order chi connectivity index (χ0) is 20.7. The number of nitrogens with zero attached hydrogens (tertiary/aromatic N) is 1. The number of carbonyl (C=O) groups excluding carboxylic acids is 1. The third-order valence-corrected chi connectivity index (χ3v) is 5.02. The summed E-state index contributed by atoms with van der Waals surface area (Å²) in [4.78, 5) is 22.8. The molecule has 1 aromatic carbocycles. The molecule has 1 atom stereocenters. The lowest BCUT2D eigenvalue weighted by atomic mass is 9.88. The third-order valence-electron chi connectivity index (χ3n) is 3.83. The SMILES string of the molecule is CC.CC.CC(=O)Nc1sc2c(c1C(N)O)CCc1ccc([N+](=O)[O-])cc1-2. The highest BCUT2D eigenvalue weighted by Gasteiger charge is 2.28. The lowest BCUT2D eigenvalue weighted by molar-refractivity contribution is -0.384. The number of non-ortho nitro benzene ring substituents is 1. The van der Waals surface area contributed by atoms with Crippen molar-refractivity contribution in [3.8, 4) is 10.4 Å². The van der Waals surface area contributed by atoms with Crippen LogP contribution < -0.4 is 11.1 Å². The highest BCUT2D eigenvalue weighted by molar-refractivity contribution is 7.20. The van der Waals surface area contributed by atoms with Gasteiger partial charge in [-0.05, 0) is 24.0 Å². The van der Waals surface area contributed by atoms with Crippen molar-refractivity contribution in [2.24, 2.45) is 5.73 Å². The van der Waals surface area contributed by atoms with Crippen molar-refractivity contribution < 1.29 is 14.8 Å². The zero-order valence-corrected chi connectivity index (χ0v) is 17.1. The van der Waals surface area contributed by atoms with E-state index in [2.05, 4.69) is 5.32 Å². The van der Waals surface area contributed by atoms with Gasteiger partial charge in [0.15, 0.2) is 0 Å². The average Bonchev–Trinajstić information content (AvgIpc) is 3.02. The molecule has 0 saturated carbocycles. The number of thiophene rings is 1. The lowest BCUT2D eigenvalue weighted by Crippen LogP contribution is -2.15. The second-order valence-corrected chi connectivity index (χ2v) is 6.40. The quantitative estimate of drug-likeness (QED) is 0.406. The van der Waals surface area contributed by atoms with Crippen LogP contribution in [0.25, 0.3) is 10.4 Å². The standard InChI is InChI=1S/C15H15N3O4S.2C2H6/c1-7(19)17-15-12(14(16)20)10-5-3-8-2-4-9(18(21)22)6-11(8)13(10)23-15;2*1-2/h2,4,6,14,20H,3,5,16H2,1H3,(H,17,19);2*1-2H3. The Balaban J connectivity index is 0.000000855. The first-order chi connectivity index (χ1) is 12.9. The Bertz CT molecular complexity index is 816. The average molecular weight is 394 g/mol. The predicted molar refractivity (Wildman–Crippen MR) is 110 cm³/mol. The lowest BCUT2D eigenvalue weighted by Gasteiger charge is -2.18. The molecule has 1 unspecified atom stereocenters. The van der Waals surface area contributed by atoms with Gasteiger partial charge in [0.1, 0.15) is 11.2 Å². The number of fused-ring (bicyclic) bond motifs is 3. The number of amides is 1. The molecule has 1 aliphatic rings. The number of rotatable bonds is 3. The van der Waals surface area contributed by atoms with Gasteiger partial charge in [-0.3, -0.25) is 14.9 Å². The molecule has 1 amide bonds. The Morgan fingerprint density at radius 3 is 2.44 bits per heavy atom. The number of hydrogen-bond acceptors (Lipinski definition) is 6. The van der Waals surface area contributed by atoms with Crippen LogP contribution in [0.15, 0.2) is 18.2 Å². The monoisotopic (exact) mass is 393 g/mol. The third kappa shape index (κ3) is 4.91. The molecule has 3 rings (SSSR count). The van der Waals surface area contributed by atoms with E-state index in [0.717, 1.165) is 21.6 Å². The molecular formula is C19H27N3O4S. The van der Waals surface area contributed by atoms with Crippen LogP contribution in [0.2, 0.25) is 0 Å². The van der Waals surface area contributed by atoms with Gasteiger partial charge in [0, 0.05) is 35.1 Å². The van der Waals surface area contributed by atoms with Gasteiger partial charge in [0.25, 0.3) is 5.69 Å². The summed E-state index contributed by atoms with van der Waals surface area (Å²) in [5.74, 6) is -0.259. The van der Waals surface area contributed by atoms with Crippen LogP contribution in [0.5, 0.6) is 0 Å².